The van der Waals surface area contributed by atoms with Gasteiger partial charge in [0.2, 0.25) is 23.1 Å². The molecule has 1 unspecified atom stereocenters. The van der Waals surface area contributed by atoms with E-state index in [2.05, 4.69) is 111 Å². The maximum absolute atomic E-state index is 12.9. The topological polar surface area (TPSA) is 72.8 Å². The summed E-state index contributed by atoms with van der Waals surface area (Å²) < 4.78 is 10.3. The Morgan fingerprint density at radius 3 is 1.07 bits per heavy atom. The molecule has 0 aromatic rings. The van der Waals surface area contributed by atoms with Crippen molar-refractivity contribution in [2.75, 3.05) is 14.2 Å². The Morgan fingerprint density at radius 2 is 0.763 bits per heavy atom. The van der Waals surface area contributed by atoms with E-state index in [0.29, 0.717) is 30.4 Å². The second-order valence-corrected chi connectivity index (χ2v) is 17.8. The molecule has 59 heavy (non-hydrogen) atoms. The third-order valence-corrected chi connectivity index (χ3v) is 11.5. The smallest absolute Gasteiger partial charge is 0.228 e. The van der Waals surface area contributed by atoms with Crippen LogP contribution in [-0.4, -0.2) is 36.5 Å². The molecule has 0 aromatic carbocycles. The summed E-state index contributed by atoms with van der Waals surface area (Å²) in [4.78, 5) is 25.6. The highest BCUT2D eigenvalue weighted by atomic mass is 16.5. The highest BCUT2D eigenvalue weighted by molar-refractivity contribution is 6.23. The number of hydrogen-bond acceptors (Lipinski definition) is 5. The van der Waals surface area contributed by atoms with Gasteiger partial charge in [0.05, 0.1) is 19.8 Å². The second-order valence-electron chi connectivity index (χ2n) is 17.8. The summed E-state index contributed by atoms with van der Waals surface area (Å²) in [7, 11) is 2.72. The van der Waals surface area contributed by atoms with E-state index in [-0.39, 0.29) is 23.1 Å². The van der Waals surface area contributed by atoms with Gasteiger partial charge in [0.25, 0.3) is 0 Å². The van der Waals surface area contributed by atoms with E-state index in [0.717, 1.165) is 83.5 Å². The molecular formula is C54H84O5. The number of methoxy groups -OCH3 is 2. The van der Waals surface area contributed by atoms with Crippen LogP contribution in [-0.2, 0) is 19.1 Å². The second kappa shape index (κ2) is 29.5. The van der Waals surface area contributed by atoms with Gasteiger partial charge in [-0.2, -0.15) is 0 Å². The molecular weight excluding hydrogens is 729 g/mol. The van der Waals surface area contributed by atoms with Crippen molar-refractivity contribution in [3.63, 3.8) is 0 Å². The zero-order valence-electron chi connectivity index (χ0n) is 39.9. The Labute approximate surface area is 362 Å². The van der Waals surface area contributed by atoms with Crippen LogP contribution in [0.15, 0.2) is 116 Å². The predicted octanol–water partition coefficient (Wildman–Crippen LogP) is 15.3. The van der Waals surface area contributed by atoms with Crippen molar-refractivity contribution in [2.24, 2.45) is 0 Å². The molecule has 0 saturated heterocycles. The molecule has 1 N–H and O–H groups in total. The molecule has 1 aliphatic rings. The van der Waals surface area contributed by atoms with Gasteiger partial charge in [-0.15, -0.1) is 0 Å². The summed E-state index contributed by atoms with van der Waals surface area (Å²) in [5.74, 6) is -0.803. The summed E-state index contributed by atoms with van der Waals surface area (Å²) >= 11 is 0. The fourth-order valence-corrected chi connectivity index (χ4v) is 7.22. The minimum Gasteiger partial charge on any atom is -0.489 e. The first kappa shape index (κ1) is 53.3. The first-order chi connectivity index (χ1) is 27.9. The molecule has 5 nitrogen and oxygen atoms in total. The van der Waals surface area contributed by atoms with Gasteiger partial charge in [-0.1, -0.05) is 93.2 Å². The average Bonchev–Trinajstić information content (AvgIpc) is 3.15. The molecule has 0 heterocycles. The fraction of sp³-hybridized carbons (Fsp3) is 0.593. The van der Waals surface area contributed by atoms with Gasteiger partial charge >= 0.3 is 0 Å². The van der Waals surface area contributed by atoms with Crippen molar-refractivity contribution in [1.82, 2.24) is 0 Å². The van der Waals surface area contributed by atoms with Gasteiger partial charge in [0, 0.05) is 11.1 Å². The van der Waals surface area contributed by atoms with Crippen molar-refractivity contribution in [1.29, 1.82) is 0 Å². The van der Waals surface area contributed by atoms with Crippen molar-refractivity contribution in [3.8, 4) is 0 Å². The highest BCUT2D eigenvalue weighted by Crippen LogP contribution is 2.31. The number of hydrogen-bond donors (Lipinski definition) is 1. The quantitative estimate of drug-likeness (QED) is 0.0601. The molecule has 1 rings (SSSR count). The molecule has 0 spiro atoms. The van der Waals surface area contributed by atoms with Crippen LogP contribution >= 0.6 is 0 Å². The Balaban J connectivity index is 2.33. The molecule has 0 radical (unpaired) electrons. The van der Waals surface area contributed by atoms with Crippen LogP contribution in [0.1, 0.15) is 192 Å². The number of allylic oxidation sites excluding steroid dienone is 18. The molecule has 0 bridgehead atoms. The van der Waals surface area contributed by atoms with Crippen LogP contribution < -0.4 is 0 Å². The number of carbonyl (C=O) groups excluding carboxylic acids is 2. The van der Waals surface area contributed by atoms with E-state index in [1.807, 2.05) is 0 Å². The van der Waals surface area contributed by atoms with Gasteiger partial charge in [-0.3, -0.25) is 9.59 Å². The lowest BCUT2D eigenvalue weighted by Crippen LogP contribution is -2.28. The largest absolute Gasteiger partial charge is 0.489 e. The van der Waals surface area contributed by atoms with Crippen LogP contribution in [0.25, 0.3) is 0 Å². The molecule has 1 aliphatic carbocycles. The van der Waals surface area contributed by atoms with Gasteiger partial charge in [-0.25, -0.2) is 0 Å². The number of aliphatic hydroxyl groups is 1. The van der Waals surface area contributed by atoms with Crippen LogP contribution in [0.3, 0.4) is 0 Å². The minimum atomic E-state index is -0.958. The molecule has 0 aromatic heterocycles. The minimum absolute atomic E-state index is 0.0573. The summed E-state index contributed by atoms with van der Waals surface area (Å²) in [6, 6.07) is 0. The molecule has 5 heteroatoms. The van der Waals surface area contributed by atoms with Crippen LogP contribution in [0.4, 0.5) is 0 Å². The standard InChI is InChI=1S/C54H84O5/c1-40(2)22-14-23-41(3)24-15-25-42(4)26-16-27-43(5)28-17-29-44(6)30-18-31-45(7)32-19-33-46(8)34-20-35-47(9)36-21-38-54(11,57)39-37-49-48(10)50(55)52(58-12)53(59-13)51(49)56/h22,24,26,28,30,32,34,36,57H,14-21,23,25,27,29,31,33,35,37-39H2,1-13H3/b41-24+,42-26+,43-28+,44-30+,45-32+,46-34+,47-36+. The normalized spacial score (nSPS) is 16.6. The molecule has 0 amide bonds. The molecule has 0 saturated carbocycles. The average molecular weight is 813 g/mol. The zero-order chi connectivity index (χ0) is 44.4. The van der Waals surface area contributed by atoms with Crippen molar-refractivity contribution < 1.29 is 24.2 Å². The van der Waals surface area contributed by atoms with E-state index in [1.165, 1.54) is 71.6 Å². The van der Waals surface area contributed by atoms with Crippen molar-refractivity contribution >= 4 is 11.6 Å². The van der Waals surface area contributed by atoms with Gasteiger partial charge in [0.1, 0.15) is 0 Å². The van der Waals surface area contributed by atoms with Crippen LogP contribution in [0, 0.1) is 0 Å². The summed E-state index contributed by atoms with van der Waals surface area (Å²) in [6.07, 6.45) is 36.7. The van der Waals surface area contributed by atoms with Crippen molar-refractivity contribution in [3.05, 3.63) is 116 Å². The third kappa shape index (κ3) is 23.6. The molecule has 330 valence electrons. The number of Topliss-reactive ketones (excluding diaryl/α,β-unsaturated/α-hetero) is 2. The lowest BCUT2D eigenvalue weighted by molar-refractivity contribution is -0.121. The Morgan fingerprint density at radius 1 is 0.475 bits per heavy atom. The zero-order valence-corrected chi connectivity index (χ0v) is 39.9. The number of ether oxygens (including phenoxy) is 2. The van der Waals surface area contributed by atoms with E-state index in [9.17, 15) is 14.7 Å². The van der Waals surface area contributed by atoms with E-state index in [4.69, 9.17) is 9.47 Å². The Kier molecular flexibility index (Phi) is 26.7. The third-order valence-electron chi connectivity index (χ3n) is 11.5. The maximum atomic E-state index is 12.9. The van der Waals surface area contributed by atoms with E-state index < -0.39 is 5.60 Å². The van der Waals surface area contributed by atoms with Gasteiger partial charge < -0.3 is 14.6 Å². The number of ketones is 2. The number of carbonyl (C=O) groups is 2. The van der Waals surface area contributed by atoms with Gasteiger partial charge in [-0.05, 0) is 192 Å². The summed E-state index contributed by atoms with van der Waals surface area (Å²) in [5, 5.41) is 11.0. The Bertz CT molecular complexity index is 1670. The molecule has 0 aliphatic heterocycles. The van der Waals surface area contributed by atoms with E-state index in [1.54, 1.807) is 13.8 Å². The van der Waals surface area contributed by atoms with E-state index >= 15 is 0 Å². The fourth-order valence-electron chi connectivity index (χ4n) is 7.22. The van der Waals surface area contributed by atoms with Crippen LogP contribution in [0.2, 0.25) is 0 Å². The summed E-state index contributed by atoms with van der Waals surface area (Å²) in [6.45, 7) is 23.5. The lowest BCUT2D eigenvalue weighted by atomic mass is 9.85. The van der Waals surface area contributed by atoms with Crippen LogP contribution in [0.5, 0.6) is 0 Å². The molecule has 1 atom stereocenters. The highest BCUT2D eigenvalue weighted by Gasteiger charge is 2.35. The predicted molar refractivity (Wildman–Crippen MR) is 253 cm³/mol. The SMILES string of the molecule is COC1=C(OC)C(=O)C(CCC(C)(O)CC/C=C(\C)CC/C=C(\C)CC/C=C(\C)CC/C=C(\C)CC/C=C(\C)CC/C=C(\C)CC/C=C(\C)CCC=C(C)C)=C(C)C1=O. The number of rotatable bonds is 29. The first-order valence-corrected chi connectivity index (χ1v) is 22.5. The molecule has 0 fully saturated rings. The van der Waals surface area contributed by atoms with Gasteiger partial charge in [0.15, 0.2) is 0 Å². The summed E-state index contributed by atoms with van der Waals surface area (Å²) in [5.41, 5.74) is 11.5. The van der Waals surface area contributed by atoms with Crippen molar-refractivity contribution in [2.45, 2.75) is 197 Å². The maximum Gasteiger partial charge on any atom is 0.228 e. The first-order valence-electron chi connectivity index (χ1n) is 22.5. The monoisotopic (exact) mass is 813 g/mol. The Hall–Kier alpha value is -3.70. The lowest BCUT2D eigenvalue weighted by Gasteiger charge is -2.25.